The number of benzene rings is 1. The van der Waals surface area contributed by atoms with E-state index in [1.165, 1.54) is 19.3 Å². The number of allylic oxidation sites excluding steroid dienone is 2. The van der Waals surface area contributed by atoms with E-state index in [0.717, 1.165) is 17.7 Å². The summed E-state index contributed by atoms with van der Waals surface area (Å²) in [5.74, 6) is 1.95. The third-order valence-corrected chi connectivity index (χ3v) is 4.34. The molecule has 0 aromatic heterocycles. The SMILES string of the molecule is CC1=C[C@@H]2CCCC[C@H]2[C@H](C(=O)c2ccccc2)O1. The van der Waals surface area contributed by atoms with Crippen LogP contribution in [0.5, 0.6) is 0 Å². The van der Waals surface area contributed by atoms with Crippen molar-refractivity contribution in [1.29, 1.82) is 0 Å². The summed E-state index contributed by atoms with van der Waals surface area (Å²) in [6.45, 7) is 1.97. The summed E-state index contributed by atoms with van der Waals surface area (Å²) in [5.41, 5.74) is 0.770. The molecule has 1 aromatic rings. The van der Waals surface area contributed by atoms with Crippen molar-refractivity contribution in [3.05, 3.63) is 47.7 Å². The molecule has 1 aliphatic carbocycles. The maximum absolute atomic E-state index is 12.6. The van der Waals surface area contributed by atoms with E-state index in [1.807, 2.05) is 37.3 Å². The van der Waals surface area contributed by atoms with Gasteiger partial charge < -0.3 is 4.74 Å². The minimum atomic E-state index is -0.280. The van der Waals surface area contributed by atoms with Gasteiger partial charge in [-0.3, -0.25) is 4.79 Å². The lowest BCUT2D eigenvalue weighted by Gasteiger charge is -2.39. The molecule has 3 rings (SSSR count). The molecule has 2 aliphatic rings. The summed E-state index contributed by atoms with van der Waals surface area (Å²) in [4.78, 5) is 12.6. The second-order valence-corrected chi connectivity index (χ2v) is 5.66. The van der Waals surface area contributed by atoms with Crippen LogP contribution in [-0.2, 0) is 4.74 Å². The van der Waals surface area contributed by atoms with Gasteiger partial charge in [-0.2, -0.15) is 0 Å². The molecule has 1 heterocycles. The number of ether oxygens (including phenoxy) is 1. The minimum Gasteiger partial charge on any atom is -0.487 e. The van der Waals surface area contributed by atoms with E-state index in [2.05, 4.69) is 6.08 Å². The molecule has 100 valence electrons. The molecule has 1 saturated carbocycles. The van der Waals surface area contributed by atoms with Gasteiger partial charge in [0.25, 0.3) is 0 Å². The zero-order chi connectivity index (χ0) is 13.2. The molecular formula is C17H20O2. The Morgan fingerprint density at radius 2 is 1.89 bits per heavy atom. The lowest BCUT2D eigenvalue weighted by molar-refractivity contribution is 0.0136. The predicted octanol–water partition coefficient (Wildman–Crippen LogP) is 3.98. The second kappa shape index (κ2) is 5.20. The second-order valence-electron chi connectivity index (χ2n) is 5.66. The van der Waals surface area contributed by atoms with Crippen LogP contribution < -0.4 is 0 Å². The quantitative estimate of drug-likeness (QED) is 0.748. The number of carbonyl (C=O) groups excluding carboxylic acids is 1. The number of hydrogen-bond donors (Lipinski definition) is 0. The lowest BCUT2D eigenvalue weighted by atomic mass is 9.73. The summed E-state index contributed by atoms with van der Waals surface area (Å²) >= 11 is 0. The largest absolute Gasteiger partial charge is 0.487 e. The fourth-order valence-corrected chi connectivity index (χ4v) is 3.41. The highest BCUT2D eigenvalue weighted by Crippen LogP contribution is 2.39. The summed E-state index contributed by atoms with van der Waals surface area (Å²) < 4.78 is 5.88. The van der Waals surface area contributed by atoms with Crippen LogP contribution in [0.25, 0.3) is 0 Å². The fourth-order valence-electron chi connectivity index (χ4n) is 3.41. The highest BCUT2D eigenvalue weighted by atomic mass is 16.5. The zero-order valence-electron chi connectivity index (χ0n) is 11.3. The van der Waals surface area contributed by atoms with Gasteiger partial charge >= 0.3 is 0 Å². The Kier molecular flexibility index (Phi) is 3.41. The third kappa shape index (κ3) is 2.44. The number of hydrogen-bond acceptors (Lipinski definition) is 2. The van der Waals surface area contributed by atoms with Crippen LogP contribution in [0.1, 0.15) is 43.0 Å². The molecular weight excluding hydrogens is 236 g/mol. The Morgan fingerprint density at radius 1 is 1.16 bits per heavy atom. The van der Waals surface area contributed by atoms with Crippen LogP contribution >= 0.6 is 0 Å². The first-order chi connectivity index (χ1) is 9.25. The molecule has 2 heteroatoms. The van der Waals surface area contributed by atoms with Crippen LogP contribution in [0, 0.1) is 11.8 Å². The number of fused-ring (bicyclic) bond motifs is 1. The van der Waals surface area contributed by atoms with Gasteiger partial charge in [-0.25, -0.2) is 0 Å². The van der Waals surface area contributed by atoms with Crippen LogP contribution in [0.2, 0.25) is 0 Å². The van der Waals surface area contributed by atoms with E-state index in [9.17, 15) is 4.79 Å². The van der Waals surface area contributed by atoms with Crippen LogP contribution in [0.4, 0.5) is 0 Å². The van der Waals surface area contributed by atoms with Gasteiger partial charge in [0.2, 0.25) is 5.78 Å². The van der Waals surface area contributed by atoms with E-state index in [4.69, 9.17) is 4.74 Å². The Morgan fingerprint density at radius 3 is 2.68 bits per heavy atom. The standard InChI is InChI=1S/C17H20O2/c1-12-11-14-9-5-6-10-15(14)17(19-12)16(18)13-7-3-2-4-8-13/h2-4,7-8,11,14-15,17H,5-6,9-10H2,1H3/t14-,15+,17+/m0/s1. The highest BCUT2D eigenvalue weighted by molar-refractivity contribution is 5.99. The molecule has 0 bridgehead atoms. The third-order valence-electron chi connectivity index (χ3n) is 4.34. The van der Waals surface area contributed by atoms with E-state index in [-0.39, 0.29) is 11.9 Å². The molecule has 2 nitrogen and oxygen atoms in total. The fraction of sp³-hybridized carbons (Fsp3) is 0.471. The van der Waals surface area contributed by atoms with Crippen LogP contribution in [0.15, 0.2) is 42.2 Å². The number of rotatable bonds is 2. The van der Waals surface area contributed by atoms with E-state index in [0.29, 0.717) is 11.8 Å². The summed E-state index contributed by atoms with van der Waals surface area (Å²) in [5, 5.41) is 0. The van der Waals surface area contributed by atoms with E-state index in [1.54, 1.807) is 0 Å². The Bertz CT molecular complexity index is 489. The summed E-state index contributed by atoms with van der Waals surface area (Å²) in [6, 6.07) is 9.54. The summed E-state index contributed by atoms with van der Waals surface area (Å²) in [6.07, 6.45) is 6.74. The maximum Gasteiger partial charge on any atom is 0.203 e. The van der Waals surface area contributed by atoms with Crippen molar-refractivity contribution in [2.24, 2.45) is 11.8 Å². The molecule has 0 spiro atoms. The van der Waals surface area contributed by atoms with Crippen molar-refractivity contribution in [2.75, 3.05) is 0 Å². The van der Waals surface area contributed by atoms with E-state index >= 15 is 0 Å². The first kappa shape index (κ1) is 12.5. The topological polar surface area (TPSA) is 26.3 Å². The number of ketones is 1. The van der Waals surface area contributed by atoms with Crippen molar-refractivity contribution in [3.8, 4) is 0 Å². The van der Waals surface area contributed by atoms with E-state index < -0.39 is 0 Å². The van der Waals surface area contributed by atoms with Crippen LogP contribution in [-0.4, -0.2) is 11.9 Å². The van der Waals surface area contributed by atoms with Crippen molar-refractivity contribution < 1.29 is 9.53 Å². The highest BCUT2D eigenvalue weighted by Gasteiger charge is 2.39. The normalized spacial score (nSPS) is 29.9. The van der Waals surface area contributed by atoms with Crippen LogP contribution in [0.3, 0.4) is 0 Å². The molecule has 1 aliphatic heterocycles. The first-order valence-electron chi connectivity index (χ1n) is 7.20. The van der Waals surface area contributed by atoms with Gasteiger partial charge in [0.1, 0.15) is 0 Å². The molecule has 0 radical (unpaired) electrons. The number of Topliss-reactive ketones (excluding diaryl/α,β-unsaturated/α-hetero) is 1. The monoisotopic (exact) mass is 256 g/mol. The molecule has 1 fully saturated rings. The smallest absolute Gasteiger partial charge is 0.203 e. The average molecular weight is 256 g/mol. The zero-order valence-corrected chi connectivity index (χ0v) is 11.3. The van der Waals surface area contributed by atoms with Crippen molar-refractivity contribution in [2.45, 2.75) is 38.7 Å². The Hall–Kier alpha value is -1.57. The summed E-state index contributed by atoms with van der Waals surface area (Å²) in [7, 11) is 0. The first-order valence-corrected chi connectivity index (χ1v) is 7.20. The molecule has 0 unspecified atom stereocenters. The van der Waals surface area contributed by atoms with Gasteiger partial charge in [-0.1, -0.05) is 43.2 Å². The lowest BCUT2D eigenvalue weighted by Crippen LogP contribution is -2.40. The average Bonchev–Trinajstić information content (AvgIpc) is 2.46. The molecule has 1 aromatic carbocycles. The molecule has 0 N–H and O–H groups in total. The minimum absolute atomic E-state index is 0.143. The van der Waals surface area contributed by atoms with Gasteiger partial charge in [0, 0.05) is 11.5 Å². The maximum atomic E-state index is 12.6. The van der Waals surface area contributed by atoms with Gasteiger partial charge in [0.15, 0.2) is 6.10 Å². The van der Waals surface area contributed by atoms with Crippen molar-refractivity contribution in [3.63, 3.8) is 0 Å². The van der Waals surface area contributed by atoms with Crippen molar-refractivity contribution in [1.82, 2.24) is 0 Å². The molecule has 0 amide bonds. The van der Waals surface area contributed by atoms with Crippen molar-refractivity contribution >= 4 is 5.78 Å². The molecule has 19 heavy (non-hydrogen) atoms. The van der Waals surface area contributed by atoms with Gasteiger partial charge in [-0.05, 0) is 31.8 Å². The van der Waals surface area contributed by atoms with Gasteiger partial charge in [0.05, 0.1) is 5.76 Å². The Balaban J connectivity index is 1.87. The van der Waals surface area contributed by atoms with Gasteiger partial charge in [-0.15, -0.1) is 0 Å². The predicted molar refractivity (Wildman–Crippen MR) is 74.9 cm³/mol. The number of carbonyl (C=O) groups is 1. The Labute approximate surface area is 114 Å². The molecule has 0 saturated heterocycles. The molecule has 3 atom stereocenters.